The van der Waals surface area contributed by atoms with Crippen LogP contribution in [0.15, 0.2) is 30.9 Å². The van der Waals surface area contributed by atoms with E-state index in [9.17, 15) is 22.5 Å². The lowest BCUT2D eigenvalue weighted by molar-refractivity contribution is -0.141. The smallest absolute Gasteiger partial charge is 0.324 e. The van der Waals surface area contributed by atoms with Crippen molar-refractivity contribution in [3.8, 4) is 0 Å². The molecular formula is C21H28F3N4O4P. The number of carbonyl (C=O) groups is 1. The second kappa shape index (κ2) is 10.8. The topological polar surface area (TPSA) is 95.3 Å². The highest BCUT2D eigenvalue weighted by Crippen LogP contribution is 2.46. The molecule has 182 valence electrons. The third kappa shape index (κ3) is 6.43. The Morgan fingerprint density at radius 2 is 1.88 bits per heavy atom. The zero-order chi connectivity index (χ0) is 24.1. The summed E-state index contributed by atoms with van der Waals surface area (Å²) >= 11 is 0. The van der Waals surface area contributed by atoms with Crippen molar-refractivity contribution in [2.45, 2.75) is 58.2 Å². The summed E-state index contributed by atoms with van der Waals surface area (Å²) in [6.45, 7) is 3.75. The number of halogens is 3. The van der Waals surface area contributed by atoms with Crippen LogP contribution in [0.5, 0.6) is 0 Å². The standard InChI is InChI=1S/C21H28F3N4O4P/c1-3-31-33(30,32-4-2)16-9-10-19(25-12-16)27-20(29)17(11-15-7-5-6-8-15)28-13-18(26-14-28)21(22,23)24/h9-10,12-15,17H,3-8,11H2,1-2H3,(H,25,27,29)/t17-/m0/s1. The van der Waals surface area contributed by atoms with E-state index >= 15 is 0 Å². The Bertz CT molecular complexity index is 965. The fraction of sp³-hybridized carbons (Fsp3) is 0.571. The molecule has 33 heavy (non-hydrogen) atoms. The van der Waals surface area contributed by atoms with Crippen molar-refractivity contribution in [1.82, 2.24) is 14.5 Å². The van der Waals surface area contributed by atoms with Gasteiger partial charge in [0, 0.05) is 12.4 Å². The van der Waals surface area contributed by atoms with Gasteiger partial charge in [-0.25, -0.2) is 9.97 Å². The highest BCUT2D eigenvalue weighted by Gasteiger charge is 2.35. The third-order valence-corrected chi connectivity index (χ3v) is 7.59. The van der Waals surface area contributed by atoms with E-state index in [4.69, 9.17) is 9.05 Å². The van der Waals surface area contributed by atoms with Gasteiger partial charge >= 0.3 is 13.8 Å². The van der Waals surface area contributed by atoms with E-state index in [1.54, 1.807) is 13.8 Å². The van der Waals surface area contributed by atoms with Crippen LogP contribution in [0.3, 0.4) is 0 Å². The fourth-order valence-corrected chi connectivity index (χ4v) is 5.45. The van der Waals surface area contributed by atoms with Gasteiger partial charge in [0.1, 0.15) is 11.9 Å². The maximum atomic E-state index is 13.1. The van der Waals surface area contributed by atoms with Gasteiger partial charge in [0.2, 0.25) is 5.91 Å². The first kappa shape index (κ1) is 25.4. The molecule has 2 aromatic heterocycles. The minimum absolute atomic E-state index is 0.177. The summed E-state index contributed by atoms with van der Waals surface area (Å²) in [6, 6.07) is 2.08. The molecule has 0 radical (unpaired) electrons. The molecule has 1 atom stereocenters. The number of anilines is 1. The van der Waals surface area contributed by atoms with Gasteiger partial charge in [-0.15, -0.1) is 0 Å². The average Bonchev–Trinajstić information content (AvgIpc) is 3.44. The van der Waals surface area contributed by atoms with Crippen molar-refractivity contribution < 1.29 is 31.6 Å². The van der Waals surface area contributed by atoms with E-state index < -0.39 is 31.4 Å². The molecule has 1 amide bonds. The van der Waals surface area contributed by atoms with Crippen LogP contribution in [0, 0.1) is 5.92 Å². The van der Waals surface area contributed by atoms with Crippen molar-refractivity contribution in [2.24, 2.45) is 5.92 Å². The van der Waals surface area contributed by atoms with Crippen LogP contribution in [0.25, 0.3) is 0 Å². The van der Waals surface area contributed by atoms with E-state index in [1.165, 1.54) is 22.9 Å². The first-order valence-corrected chi connectivity index (χ1v) is 12.5. The Kier molecular flexibility index (Phi) is 8.31. The number of nitrogens with zero attached hydrogens (tertiary/aromatic N) is 3. The second-order valence-corrected chi connectivity index (χ2v) is 9.86. The monoisotopic (exact) mass is 488 g/mol. The number of hydrogen-bond donors (Lipinski definition) is 1. The molecule has 0 spiro atoms. The average molecular weight is 488 g/mol. The molecule has 0 aliphatic heterocycles. The van der Waals surface area contributed by atoms with Crippen LogP contribution in [-0.2, 0) is 24.6 Å². The van der Waals surface area contributed by atoms with Crippen LogP contribution in [0.4, 0.5) is 19.0 Å². The first-order valence-electron chi connectivity index (χ1n) is 10.9. The highest BCUT2D eigenvalue weighted by molar-refractivity contribution is 7.62. The Labute approximate surface area is 190 Å². The quantitative estimate of drug-likeness (QED) is 0.476. The number of amides is 1. The van der Waals surface area contributed by atoms with Crippen LogP contribution in [0.1, 0.15) is 57.7 Å². The van der Waals surface area contributed by atoms with Crippen LogP contribution in [0.2, 0.25) is 0 Å². The number of aromatic nitrogens is 3. The number of imidazole rings is 1. The van der Waals surface area contributed by atoms with E-state index in [0.29, 0.717) is 6.42 Å². The van der Waals surface area contributed by atoms with Gasteiger partial charge in [-0.05, 0) is 38.3 Å². The van der Waals surface area contributed by atoms with Crippen molar-refractivity contribution in [1.29, 1.82) is 0 Å². The molecule has 1 saturated carbocycles. The van der Waals surface area contributed by atoms with Gasteiger partial charge < -0.3 is 18.9 Å². The molecular weight excluding hydrogens is 460 g/mol. The van der Waals surface area contributed by atoms with Crippen LogP contribution < -0.4 is 10.6 Å². The lowest BCUT2D eigenvalue weighted by Crippen LogP contribution is -2.27. The minimum Gasteiger partial charge on any atom is -0.324 e. The Hall–Kier alpha value is -2.23. The SMILES string of the molecule is CCOP(=O)(OCC)c1ccc(NC(=O)[C@H](CC2CCCC2)n2cnc(C(F)(F)F)c2)nc1. The molecule has 3 rings (SSSR count). The van der Waals surface area contributed by atoms with Crippen molar-refractivity contribution in [3.05, 3.63) is 36.5 Å². The van der Waals surface area contributed by atoms with Gasteiger partial charge in [0.25, 0.3) is 0 Å². The fourth-order valence-electron chi connectivity index (χ4n) is 3.94. The summed E-state index contributed by atoms with van der Waals surface area (Å²) in [7, 11) is -3.52. The number of alkyl halides is 3. The van der Waals surface area contributed by atoms with E-state index in [2.05, 4.69) is 15.3 Å². The van der Waals surface area contributed by atoms with E-state index in [0.717, 1.165) is 38.2 Å². The van der Waals surface area contributed by atoms with Crippen molar-refractivity contribution >= 4 is 24.6 Å². The molecule has 12 heteroatoms. The molecule has 0 saturated heterocycles. The molecule has 1 N–H and O–H groups in total. The number of hydrogen-bond acceptors (Lipinski definition) is 6. The van der Waals surface area contributed by atoms with Crippen LogP contribution >= 0.6 is 7.60 Å². The maximum absolute atomic E-state index is 13.1. The van der Waals surface area contributed by atoms with Gasteiger partial charge in [-0.3, -0.25) is 9.36 Å². The number of carbonyl (C=O) groups excluding carboxylic acids is 1. The summed E-state index contributed by atoms with van der Waals surface area (Å²) in [4.78, 5) is 20.6. The molecule has 0 aromatic carbocycles. The number of pyridine rings is 1. The first-order chi connectivity index (χ1) is 15.7. The summed E-state index contributed by atoms with van der Waals surface area (Å²) in [5.41, 5.74) is -1.04. The third-order valence-electron chi connectivity index (χ3n) is 5.50. The summed E-state index contributed by atoms with van der Waals surface area (Å²) in [6.07, 6.45) is 2.96. The van der Waals surface area contributed by atoms with E-state index in [-0.39, 0.29) is 30.3 Å². The zero-order valence-electron chi connectivity index (χ0n) is 18.5. The van der Waals surface area contributed by atoms with Gasteiger partial charge in [0.05, 0.1) is 24.8 Å². The van der Waals surface area contributed by atoms with Gasteiger partial charge in [-0.1, -0.05) is 25.7 Å². The Morgan fingerprint density at radius 3 is 2.39 bits per heavy atom. The predicted molar refractivity (Wildman–Crippen MR) is 116 cm³/mol. The molecule has 0 bridgehead atoms. The molecule has 1 fully saturated rings. The lowest BCUT2D eigenvalue weighted by Gasteiger charge is -2.21. The number of rotatable bonds is 10. The summed E-state index contributed by atoms with van der Waals surface area (Å²) in [5.74, 6) is -0.0713. The summed E-state index contributed by atoms with van der Waals surface area (Å²) < 4.78 is 63.7. The van der Waals surface area contributed by atoms with Gasteiger partial charge in [-0.2, -0.15) is 13.2 Å². The molecule has 0 unspecified atom stereocenters. The molecule has 2 heterocycles. The zero-order valence-corrected chi connectivity index (χ0v) is 19.4. The largest absolute Gasteiger partial charge is 0.434 e. The van der Waals surface area contributed by atoms with Crippen LogP contribution in [-0.4, -0.2) is 33.7 Å². The van der Waals surface area contributed by atoms with Crippen molar-refractivity contribution in [3.63, 3.8) is 0 Å². The normalized spacial score (nSPS) is 16.2. The lowest BCUT2D eigenvalue weighted by atomic mass is 9.97. The Balaban J connectivity index is 1.78. The van der Waals surface area contributed by atoms with E-state index in [1.807, 2.05) is 0 Å². The number of nitrogens with one attached hydrogen (secondary N) is 1. The molecule has 2 aromatic rings. The molecule has 1 aliphatic carbocycles. The predicted octanol–water partition coefficient (Wildman–Crippen LogP) is 4.95. The molecule has 1 aliphatic rings. The summed E-state index contributed by atoms with van der Waals surface area (Å²) in [5, 5.41) is 2.90. The maximum Gasteiger partial charge on any atom is 0.434 e. The minimum atomic E-state index is -4.59. The van der Waals surface area contributed by atoms with Gasteiger partial charge in [0.15, 0.2) is 5.69 Å². The molecule has 8 nitrogen and oxygen atoms in total. The Morgan fingerprint density at radius 1 is 1.21 bits per heavy atom. The second-order valence-electron chi connectivity index (χ2n) is 7.83. The van der Waals surface area contributed by atoms with Crippen molar-refractivity contribution in [2.75, 3.05) is 18.5 Å². The highest BCUT2D eigenvalue weighted by atomic mass is 31.2.